The molecule has 0 unspecified atom stereocenters. The maximum absolute atomic E-state index is 13.7. The maximum Gasteiger partial charge on any atom is 0.258 e. The average molecular weight is 403 g/mol. The van der Waals surface area contributed by atoms with E-state index >= 15 is 0 Å². The third-order valence-electron chi connectivity index (χ3n) is 4.48. The predicted molar refractivity (Wildman–Crippen MR) is 106 cm³/mol. The molecule has 2 heterocycles. The molecule has 27 heavy (non-hydrogen) atoms. The van der Waals surface area contributed by atoms with Gasteiger partial charge in [-0.25, -0.2) is 4.39 Å². The Hall–Kier alpha value is -2.48. The highest BCUT2D eigenvalue weighted by atomic mass is 35.5. The van der Waals surface area contributed by atoms with Crippen LogP contribution < -0.4 is 10.9 Å². The third-order valence-corrected chi connectivity index (χ3v) is 5.13. The molecule has 1 aromatic heterocycles. The van der Waals surface area contributed by atoms with Gasteiger partial charge in [0.05, 0.1) is 17.9 Å². The highest BCUT2D eigenvalue weighted by molar-refractivity contribution is 7.71. The van der Waals surface area contributed by atoms with Crippen LogP contribution in [-0.4, -0.2) is 21.1 Å². The second-order valence-corrected chi connectivity index (χ2v) is 7.11. The summed E-state index contributed by atoms with van der Waals surface area (Å²) in [4.78, 5) is 17.3. The standard InChI is InChI=1S/C19H16ClFN4OS/c20-16-7-2-1-4-12(16)9-24-10-15-17(22-11-24)25(19(27)23-18(15)26)14-6-3-5-13(21)8-14/h1-8,22H,9-11H2,(H,23,26,27). The summed E-state index contributed by atoms with van der Waals surface area (Å²) in [6, 6.07) is 13.7. The van der Waals surface area contributed by atoms with E-state index in [1.54, 1.807) is 16.7 Å². The Kier molecular flexibility index (Phi) is 4.82. The minimum atomic E-state index is -0.370. The highest BCUT2D eigenvalue weighted by Gasteiger charge is 2.23. The number of aromatic nitrogens is 2. The minimum Gasteiger partial charge on any atom is -0.358 e. The maximum atomic E-state index is 13.7. The molecule has 8 heteroatoms. The number of benzene rings is 2. The lowest BCUT2D eigenvalue weighted by Crippen LogP contribution is -2.38. The zero-order chi connectivity index (χ0) is 19.0. The normalized spacial score (nSPS) is 13.9. The summed E-state index contributed by atoms with van der Waals surface area (Å²) in [6.45, 7) is 1.53. The fourth-order valence-corrected chi connectivity index (χ4v) is 3.70. The molecule has 0 saturated heterocycles. The van der Waals surface area contributed by atoms with Gasteiger partial charge in [0.2, 0.25) is 0 Å². The molecule has 0 atom stereocenters. The molecule has 0 fully saturated rings. The second kappa shape index (κ2) is 7.26. The first-order chi connectivity index (χ1) is 13.0. The molecule has 0 spiro atoms. The molecule has 2 aromatic carbocycles. The molecule has 4 rings (SSSR count). The zero-order valence-electron chi connectivity index (χ0n) is 14.2. The van der Waals surface area contributed by atoms with Crippen molar-refractivity contribution in [2.45, 2.75) is 13.1 Å². The topological polar surface area (TPSA) is 53.1 Å². The lowest BCUT2D eigenvalue weighted by atomic mass is 10.1. The number of nitrogens with one attached hydrogen (secondary N) is 2. The van der Waals surface area contributed by atoms with Crippen molar-refractivity contribution >= 4 is 29.6 Å². The number of halogens is 2. The second-order valence-electron chi connectivity index (χ2n) is 6.32. The van der Waals surface area contributed by atoms with Crippen molar-refractivity contribution in [2.24, 2.45) is 0 Å². The van der Waals surface area contributed by atoms with Crippen LogP contribution in [0.4, 0.5) is 10.2 Å². The Morgan fingerprint density at radius 3 is 2.78 bits per heavy atom. The van der Waals surface area contributed by atoms with E-state index < -0.39 is 0 Å². The van der Waals surface area contributed by atoms with Crippen LogP contribution >= 0.6 is 23.8 Å². The number of aromatic amines is 1. The van der Waals surface area contributed by atoms with E-state index in [2.05, 4.69) is 15.2 Å². The fraction of sp³-hybridized carbons (Fsp3) is 0.158. The van der Waals surface area contributed by atoms with Gasteiger partial charge in [0.15, 0.2) is 4.77 Å². The van der Waals surface area contributed by atoms with Gasteiger partial charge in [-0.3, -0.25) is 19.2 Å². The number of anilines is 1. The van der Waals surface area contributed by atoms with Crippen molar-refractivity contribution in [2.75, 3.05) is 12.0 Å². The van der Waals surface area contributed by atoms with Crippen molar-refractivity contribution in [3.05, 3.63) is 85.6 Å². The summed E-state index contributed by atoms with van der Waals surface area (Å²) in [5, 5.41) is 3.95. The lowest BCUT2D eigenvalue weighted by molar-refractivity contribution is 0.264. The molecule has 1 aliphatic heterocycles. The van der Waals surface area contributed by atoms with Crippen LogP contribution in [0.1, 0.15) is 11.1 Å². The number of H-pyrrole nitrogens is 1. The Labute approximate surface area is 165 Å². The van der Waals surface area contributed by atoms with Crippen LogP contribution in [0.2, 0.25) is 5.02 Å². The number of rotatable bonds is 3. The van der Waals surface area contributed by atoms with E-state index in [0.29, 0.717) is 41.8 Å². The molecule has 3 aromatic rings. The Bertz CT molecular complexity index is 1130. The predicted octanol–water partition coefficient (Wildman–Crippen LogP) is 4.07. The molecule has 2 N–H and O–H groups in total. The number of fused-ring (bicyclic) bond motifs is 1. The van der Waals surface area contributed by atoms with Gasteiger partial charge in [-0.15, -0.1) is 0 Å². The van der Waals surface area contributed by atoms with Crippen LogP contribution in [0.25, 0.3) is 5.69 Å². The first-order valence-corrected chi connectivity index (χ1v) is 9.15. The van der Waals surface area contributed by atoms with Gasteiger partial charge in [-0.05, 0) is 42.0 Å². The van der Waals surface area contributed by atoms with E-state index in [1.807, 2.05) is 24.3 Å². The molecule has 0 bridgehead atoms. The zero-order valence-corrected chi connectivity index (χ0v) is 15.8. The molecule has 0 radical (unpaired) electrons. The van der Waals surface area contributed by atoms with Crippen LogP contribution in [0.5, 0.6) is 0 Å². The molecular weight excluding hydrogens is 387 g/mol. The molecule has 138 valence electrons. The van der Waals surface area contributed by atoms with E-state index in [1.165, 1.54) is 12.1 Å². The third kappa shape index (κ3) is 3.53. The Balaban J connectivity index is 1.72. The summed E-state index contributed by atoms with van der Waals surface area (Å²) in [5.74, 6) is 0.218. The molecule has 0 amide bonds. The lowest BCUT2D eigenvalue weighted by Gasteiger charge is -2.31. The molecule has 0 aliphatic carbocycles. The number of hydrogen-bond acceptors (Lipinski definition) is 4. The van der Waals surface area contributed by atoms with Crippen LogP contribution in [0.15, 0.2) is 53.3 Å². The summed E-state index contributed by atoms with van der Waals surface area (Å²) >= 11 is 11.6. The Morgan fingerprint density at radius 2 is 2.00 bits per heavy atom. The van der Waals surface area contributed by atoms with Crippen molar-refractivity contribution < 1.29 is 4.39 Å². The molecular formula is C19H16ClFN4OS. The largest absolute Gasteiger partial charge is 0.358 e. The fourth-order valence-electron chi connectivity index (χ4n) is 3.21. The first-order valence-electron chi connectivity index (χ1n) is 8.37. The smallest absolute Gasteiger partial charge is 0.258 e. The summed E-state index contributed by atoms with van der Waals surface area (Å²) in [5.41, 5.74) is 1.84. The van der Waals surface area contributed by atoms with E-state index in [-0.39, 0.29) is 16.1 Å². The summed E-state index contributed by atoms with van der Waals surface area (Å²) in [6.07, 6.45) is 0. The van der Waals surface area contributed by atoms with Crippen molar-refractivity contribution in [1.29, 1.82) is 0 Å². The minimum absolute atomic E-state index is 0.219. The van der Waals surface area contributed by atoms with Gasteiger partial charge in [-0.2, -0.15) is 0 Å². The summed E-state index contributed by atoms with van der Waals surface area (Å²) < 4.78 is 15.6. The van der Waals surface area contributed by atoms with Gasteiger partial charge in [-0.1, -0.05) is 35.9 Å². The van der Waals surface area contributed by atoms with Gasteiger partial charge >= 0.3 is 0 Å². The average Bonchev–Trinajstić information content (AvgIpc) is 2.64. The van der Waals surface area contributed by atoms with Crippen molar-refractivity contribution in [1.82, 2.24) is 14.5 Å². The van der Waals surface area contributed by atoms with Crippen LogP contribution in [-0.2, 0) is 13.1 Å². The van der Waals surface area contributed by atoms with Crippen LogP contribution in [0, 0.1) is 10.6 Å². The SMILES string of the molecule is O=c1[nH]c(=S)n(-c2cccc(F)c2)c2c1CN(Cc1ccccc1Cl)CN2. The van der Waals surface area contributed by atoms with Crippen LogP contribution in [0.3, 0.4) is 0 Å². The molecule has 0 saturated carbocycles. The number of nitrogens with zero attached hydrogens (tertiary/aromatic N) is 2. The van der Waals surface area contributed by atoms with E-state index in [4.69, 9.17) is 23.8 Å². The van der Waals surface area contributed by atoms with Gasteiger partial charge in [0.25, 0.3) is 5.56 Å². The van der Waals surface area contributed by atoms with Gasteiger partial charge in [0, 0.05) is 18.1 Å². The van der Waals surface area contributed by atoms with E-state index in [9.17, 15) is 9.18 Å². The summed E-state index contributed by atoms with van der Waals surface area (Å²) in [7, 11) is 0. The van der Waals surface area contributed by atoms with Crippen molar-refractivity contribution in [3.63, 3.8) is 0 Å². The van der Waals surface area contributed by atoms with Gasteiger partial charge in [0.1, 0.15) is 11.6 Å². The molecule has 1 aliphatic rings. The van der Waals surface area contributed by atoms with E-state index in [0.717, 1.165) is 5.56 Å². The van der Waals surface area contributed by atoms with Gasteiger partial charge < -0.3 is 5.32 Å². The number of hydrogen-bond donors (Lipinski definition) is 2. The Morgan fingerprint density at radius 1 is 1.19 bits per heavy atom. The van der Waals surface area contributed by atoms with Crippen molar-refractivity contribution in [3.8, 4) is 5.69 Å². The quantitative estimate of drug-likeness (QED) is 0.648. The first kappa shape index (κ1) is 17.9. The monoisotopic (exact) mass is 402 g/mol. The highest BCUT2D eigenvalue weighted by Crippen LogP contribution is 2.25. The molecule has 5 nitrogen and oxygen atoms in total.